The van der Waals surface area contributed by atoms with Crippen LogP contribution in [0.2, 0.25) is 0 Å². The summed E-state index contributed by atoms with van der Waals surface area (Å²) in [4.78, 5) is 18.8. The lowest BCUT2D eigenvalue weighted by atomic mass is 10.1. The van der Waals surface area contributed by atoms with Crippen molar-refractivity contribution in [1.29, 1.82) is 0 Å². The Morgan fingerprint density at radius 2 is 2.06 bits per heavy atom. The monoisotopic (exact) mass is 240 g/mol. The summed E-state index contributed by atoms with van der Waals surface area (Å²) in [5.74, 6) is -0.279. The first-order valence-electron chi connectivity index (χ1n) is 5.53. The van der Waals surface area contributed by atoms with E-state index in [0.29, 0.717) is 4.88 Å². The zero-order chi connectivity index (χ0) is 11.5. The molecule has 0 spiro atoms. The van der Waals surface area contributed by atoms with E-state index in [-0.39, 0.29) is 5.97 Å². The van der Waals surface area contributed by atoms with Gasteiger partial charge in [0.05, 0.1) is 12.8 Å². The van der Waals surface area contributed by atoms with Gasteiger partial charge in [0.2, 0.25) is 0 Å². The van der Waals surface area contributed by atoms with Gasteiger partial charge in [-0.15, -0.1) is 0 Å². The number of anilines is 1. The van der Waals surface area contributed by atoms with Crippen molar-refractivity contribution in [3.05, 3.63) is 10.6 Å². The molecule has 16 heavy (non-hydrogen) atoms. The molecule has 1 saturated heterocycles. The molecule has 0 amide bonds. The smallest absolute Gasteiger partial charge is 0.350 e. The highest BCUT2D eigenvalue weighted by atomic mass is 32.1. The number of carbonyl (C=O) groups excluding carboxylic acids is 1. The number of methoxy groups -OCH3 is 1. The number of piperidine rings is 1. The Balaban J connectivity index is 2.19. The highest BCUT2D eigenvalue weighted by Gasteiger charge is 2.20. The molecule has 0 aromatic carbocycles. The van der Waals surface area contributed by atoms with Crippen LogP contribution in [-0.4, -0.2) is 31.2 Å². The van der Waals surface area contributed by atoms with Crippen molar-refractivity contribution in [2.45, 2.75) is 26.2 Å². The maximum absolute atomic E-state index is 11.5. The number of hydrogen-bond donors (Lipinski definition) is 0. The first kappa shape index (κ1) is 11.4. The van der Waals surface area contributed by atoms with Crippen LogP contribution in [-0.2, 0) is 4.74 Å². The third-order valence-corrected chi connectivity index (χ3v) is 3.98. The first-order chi connectivity index (χ1) is 7.72. The molecular weight excluding hydrogens is 224 g/mol. The molecule has 5 heteroatoms. The topological polar surface area (TPSA) is 42.4 Å². The Hall–Kier alpha value is -1.10. The molecule has 4 nitrogen and oxygen atoms in total. The molecule has 0 bridgehead atoms. The molecule has 88 valence electrons. The van der Waals surface area contributed by atoms with E-state index in [1.807, 2.05) is 6.92 Å². The molecule has 0 N–H and O–H groups in total. The lowest BCUT2D eigenvalue weighted by Crippen LogP contribution is -2.29. The van der Waals surface area contributed by atoms with Crippen LogP contribution in [0.5, 0.6) is 0 Å². The lowest BCUT2D eigenvalue weighted by Gasteiger charge is -2.25. The fourth-order valence-corrected chi connectivity index (χ4v) is 2.92. The van der Waals surface area contributed by atoms with Crippen molar-refractivity contribution in [1.82, 2.24) is 4.98 Å². The number of aryl methyl sites for hydroxylation is 1. The fourth-order valence-electron chi connectivity index (χ4n) is 1.88. The van der Waals surface area contributed by atoms with Crippen LogP contribution < -0.4 is 4.90 Å². The van der Waals surface area contributed by atoms with E-state index < -0.39 is 0 Å². The number of hydrogen-bond acceptors (Lipinski definition) is 5. The summed E-state index contributed by atoms with van der Waals surface area (Å²) in [6, 6.07) is 0. The summed E-state index contributed by atoms with van der Waals surface area (Å²) in [6.07, 6.45) is 3.73. The highest BCUT2D eigenvalue weighted by molar-refractivity contribution is 7.17. The molecule has 1 fully saturated rings. The lowest BCUT2D eigenvalue weighted by molar-refractivity contribution is 0.0605. The van der Waals surface area contributed by atoms with Gasteiger partial charge >= 0.3 is 5.97 Å². The Labute approximate surface area is 99.2 Å². The van der Waals surface area contributed by atoms with E-state index in [2.05, 4.69) is 9.88 Å². The van der Waals surface area contributed by atoms with Gasteiger partial charge in [-0.05, 0) is 26.2 Å². The maximum atomic E-state index is 11.5. The summed E-state index contributed by atoms with van der Waals surface area (Å²) >= 11 is 1.44. The van der Waals surface area contributed by atoms with Crippen molar-refractivity contribution < 1.29 is 9.53 Å². The summed E-state index contributed by atoms with van der Waals surface area (Å²) < 4.78 is 4.73. The molecule has 1 aliphatic heterocycles. The van der Waals surface area contributed by atoms with Gasteiger partial charge < -0.3 is 9.64 Å². The molecule has 0 radical (unpaired) electrons. The predicted octanol–water partition coefficient (Wildman–Crippen LogP) is 2.23. The van der Waals surface area contributed by atoms with E-state index in [4.69, 9.17) is 4.74 Å². The zero-order valence-electron chi connectivity index (χ0n) is 9.65. The van der Waals surface area contributed by atoms with Gasteiger partial charge in [0.15, 0.2) is 5.13 Å². The normalized spacial score (nSPS) is 16.2. The van der Waals surface area contributed by atoms with E-state index in [9.17, 15) is 4.79 Å². The molecule has 0 unspecified atom stereocenters. The minimum absolute atomic E-state index is 0.279. The van der Waals surface area contributed by atoms with Crippen LogP contribution >= 0.6 is 11.3 Å². The largest absolute Gasteiger partial charge is 0.465 e. The van der Waals surface area contributed by atoms with Gasteiger partial charge in [0.25, 0.3) is 0 Å². The second kappa shape index (κ2) is 4.82. The van der Waals surface area contributed by atoms with Crippen LogP contribution in [0.25, 0.3) is 0 Å². The summed E-state index contributed by atoms with van der Waals surface area (Å²) in [6.45, 7) is 3.96. The van der Waals surface area contributed by atoms with Crippen molar-refractivity contribution in [2.75, 3.05) is 25.1 Å². The SMILES string of the molecule is COC(=O)c1sc(N2CCCCC2)nc1C. The van der Waals surface area contributed by atoms with E-state index in [1.165, 1.54) is 37.7 Å². The number of ether oxygens (including phenoxy) is 1. The van der Waals surface area contributed by atoms with Crippen LogP contribution in [0.15, 0.2) is 0 Å². The minimum Gasteiger partial charge on any atom is -0.465 e. The van der Waals surface area contributed by atoms with Gasteiger partial charge in [-0.2, -0.15) is 0 Å². The predicted molar refractivity (Wildman–Crippen MR) is 64.3 cm³/mol. The summed E-state index contributed by atoms with van der Waals surface area (Å²) in [7, 11) is 1.40. The van der Waals surface area contributed by atoms with Gasteiger partial charge in [-0.1, -0.05) is 11.3 Å². The number of thiazole rings is 1. The molecule has 0 atom stereocenters. The molecule has 1 aliphatic rings. The van der Waals surface area contributed by atoms with Crippen molar-refractivity contribution in [3.8, 4) is 0 Å². The number of carbonyl (C=O) groups is 1. The molecule has 1 aromatic heterocycles. The van der Waals surface area contributed by atoms with E-state index >= 15 is 0 Å². The maximum Gasteiger partial charge on any atom is 0.350 e. The zero-order valence-corrected chi connectivity index (χ0v) is 10.5. The third-order valence-electron chi connectivity index (χ3n) is 2.78. The van der Waals surface area contributed by atoms with Crippen LogP contribution in [0.1, 0.15) is 34.6 Å². The van der Waals surface area contributed by atoms with Crippen LogP contribution in [0.3, 0.4) is 0 Å². The van der Waals surface area contributed by atoms with E-state index in [1.54, 1.807) is 0 Å². The Bertz CT molecular complexity index is 383. The Morgan fingerprint density at radius 1 is 1.38 bits per heavy atom. The van der Waals surface area contributed by atoms with Gasteiger partial charge in [0, 0.05) is 13.1 Å². The molecule has 2 rings (SSSR count). The molecule has 0 aliphatic carbocycles. The van der Waals surface area contributed by atoms with Crippen LogP contribution in [0, 0.1) is 6.92 Å². The number of esters is 1. The van der Waals surface area contributed by atoms with Crippen molar-refractivity contribution in [2.24, 2.45) is 0 Å². The Kier molecular flexibility index (Phi) is 3.43. The average Bonchev–Trinajstić information content (AvgIpc) is 2.71. The quantitative estimate of drug-likeness (QED) is 0.743. The van der Waals surface area contributed by atoms with E-state index in [0.717, 1.165) is 23.9 Å². The average molecular weight is 240 g/mol. The fraction of sp³-hybridized carbons (Fsp3) is 0.636. The molecular formula is C11H16N2O2S. The highest BCUT2D eigenvalue weighted by Crippen LogP contribution is 2.28. The van der Waals surface area contributed by atoms with Gasteiger partial charge in [-0.25, -0.2) is 9.78 Å². The Morgan fingerprint density at radius 3 is 2.69 bits per heavy atom. The van der Waals surface area contributed by atoms with Crippen molar-refractivity contribution in [3.63, 3.8) is 0 Å². The van der Waals surface area contributed by atoms with Crippen LogP contribution in [0.4, 0.5) is 5.13 Å². The van der Waals surface area contributed by atoms with Gasteiger partial charge in [0.1, 0.15) is 4.88 Å². The standard InChI is InChI=1S/C11H16N2O2S/c1-8-9(10(14)15-2)16-11(12-8)13-6-4-3-5-7-13/h3-7H2,1-2H3. The third kappa shape index (κ3) is 2.19. The summed E-state index contributed by atoms with van der Waals surface area (Å²) in [5.41, 5.74) is 0.775. The number of aromatic nitrogens is 1. The second-order valence-electron chi connectivity index (χ2n) is 3.95. The number of rotatable bonds is 2. The molecule has 1 aromatic rings. The van der Waals surface area contributed by atoms with Gasteiger partial charge in [-0.3, -0.25) is 0 Å². The molecule has 0 saturated carbocycles. The number of nitrogens with zero attached hydrogens (tertiary/aromatic N) is 2. The minimum atomic E-state index is -0.279. The molecule has 2 heterocycles. The second-order valence-corrected chi connectivity index (χ2v) is 4.93. The van der Waals surface area contributed by atoms with Crippen molar-refractivity contribution >= 4 is 22.4 Å². The first-order valence-corrected chi connectivity index (χ1v) is 6.34. The summed E-state index contributed by atoms with van der Waals surface area (Å²) in [5, 5.41) is 0.956.